The maximum Gasteiger partial charge on any atom is 0.184 e. The second-order valence-electron chi connectivity index (χ2n) is 4.70. The van der Waals surface area contributed by atoms with Gasteiger partial charge in [0, 0.05) is 6.54 Å². The van der Waals surface area contributed by atoms with Crippen LogP contribution in [0.1, 0.15) is 37.8 Å². The number of benzene rings is 1. The van der Waals surface area contributed by atoms with E-state index in [1.165, 1.54) is 18.4 Å². The number of hydrazone groups is 1. The van der Waals surface area contributed by atoms with Crippen LogP contribution in [0.5, 0.6) is 0 Å². The molecule has 0 heterocycles. The minimum Gasteiger partial charge on any atom is -0.375 e. The van der Waals surface area contributed by atoms with Crippen molar-refractivity contribution in [1.82, 2.24) is 10.3 Å². The number of unbranched alkanes of at least 4 members (excludes halogenated alkanes) is 1. The summed E-state index contributed by atoms with van der Waals surface area (Å²) in [6.07, 6.45) is 4.20. The summed E-state index contributed by atoms with van der Waals surface area (Å²) >= 11 is 4.70. The number of nitrogens with two attached hydrogens (primary N) is 1. The maximum atomic E-state index is 5.32. The molecule has 0 saturated heterocycles. The average Bonchev–Trinajstić information content (AvgIpc) is 2.43. The first-order valence-corrected chi connectivity index (χ1v) is 7.46. The molecule has 0 atom stereocenters. The molecule has 20 heavy (non-hydrogen) atoms. The van der Waals surface area contributed by atoms with Crippen LogP contribution in [0.25, 0.3) is 0 Å². The molecule has 5 heteroatoms. The molecule has 0 aliphatic heterocycles. The highest BCUT2D eigenvalue weighted by Crippen LogP contribution is 2.08. The average molecular weight is 292 g/mol. The van der Waals surface area contributed by atoms with Gasteiger partial charge in [0.25, 0.3) is 0 Å². The molecule has 0 fully saturated rings. The Morgan fingerprint density at radius 2 is 2.25 bits per heavy atom. The summed E-state index contributed by atoms with van der Waals surface area (Å²) in [5.41, 5.74) is 10.2. The van der Waals surface area contributed by atoms with Gasteiger partial charge in [0.05, 0.1) is 6.21 Å². The lowest BCUT2D eigenvalue weighted by Gasteiger charge is -2.20. The van der Waals surface area contributed by atoms with Crippen LogP contribution in [0.15, 0.2) is 29.4 Å². The van der Waals surface area contributed by atoms with Gasteiger partial charge in [0.2, 0.25) is 0 Å². The van der Waals surface area contributed by atoms with Gasteiger partial charge in [-0.05, 0) is 48.9 Å². The van der Waals surface area contributed by atoms with Crippen LogP contribution in [0.4, 0.5) is 0 Å². The van der Waals surface area contributed by atoms with Gasteiger partial charge in [0.1, 0.15) is 0 Å². The van der Waals surface area contributed by atoms with Gasteiger partial charge in [-0.25, -0.2) is 0 Å². The standard InChI is InChI=1S/C15H24N4S/c1-3-5-9-19(4-2)12-14-8-6-7-13(10-14)11-17-18-15(16)20/h6-8,10-11H,3-5,9,12H2,1-2H3,(H3,16,18,20). The van der Waals surface area contributed by atoms with E-state index >= 15 is 0 Å². The van der Waals surface area contributed by atoms with Crippen molar-refractivity contribution in [2.24, 2.45) is 10.8 Å². The van der Waals surface area contributed by atoms with Crippen LogP contribution < -0.4 is 11.2 Å². The van der Waals surface area contributed by atoms with Crippen LogP contribution in [0.3, 0.4) is 0 Å². The van der Waals surface area contributed by atoms with Crippen LogP contribution in [0, 0.1) is 0 Å². The van der Waals surface area contributed by atoms with E-state index in [1.54, 1.807) is 6.21 Å². The first kappa shape index (κ1) is 16.6. The topological polar surface area (TPSA) is 53.6 Å². The van der Waals surface area contributed by atoms with Crippen LogP contribution in [-0.4, -0.2) is 29.3 Å². The van der Waals surface area contributed by atoms with Crippen molar-refractivity contribution in [3.63, 3.8) is 0 Å². The zero-order chi connectivity index (χ0) is 14.8. The lowest BCUT2D eigenvalue weighted by Crippen LogP contribution is -2.24. The molecule has 0 unspecified atom stereocenters. The summed E-state index contributed by atoms with van der Waals surface area (Å²) in [5, 5.41) is 4.15. The molecule has 0 amide bonds. The molecule has 0 aromatic heterocycles. The molecule has 0 aliphatic rings. The van der Waals surface area contributed by atoms with E-state index in [1.807, 2.05) is 12.1 Å². The van der Waals surface area contributed by atoms with Crippen LogP contribution in [-0.2, 0) is 6.54 Å². The van der Waals surface area contributed by atoms with Gasteiger partial charge in [0.15, 0.2) is 5.11 Å². The van der Waals surface area contributed by atoms with E-state index in [4.69, 9.17) is 18.0 Å². The number of rotatable bonds is 8. The van der Waals surface area contributed by atoms with Gasteiger partial charge >= 0.3 is 0 Å². The fourth-order valence-corrected chi connectivity index (χ4v) is 1.98. The van der Waals surface area contributed by atoms with Crippen molar-refractivity contribution in [2.45, 2.75) is 33.2 Å². The molecule has 3 N–H and O–H groups in total. The third-order valence-electron chi connectivity index (χ3n) is 3.02. The Balaban J connectivity index is 2.62. The van der Waals surface area contributed by atoms with Crippen LogP contribution in [0.2, 0.25) is 0 Å². The fourth-order valence-electron chi connectivity index (χ4n) is 1.93. The predicted octanol–water partition coefficient (Wildman–Crippen LogP) is 2.48. The number of nitrogens with one attached hydrogen (secondary N) is 1. The Kier molecular flexibility index (Phi) is 7.84. The Bertz CT molecular complexity index is 445. The third-order valence-corrected chi connectivity index (χ3v) is 3.11. The Hall–Kier alpha value is -1.46. The normalized spacial score (nSPS) is 11.2. The Morgan fingerprint density at radius 3 is 2.90 bits per heavy atom. The quantitative estimate of drug-likeness (QED) is 0.439. The van der Waals surface area contributed by atoms with E-state index in [9.17, 15) is 0 Å². The van der Waals surface area contributed by atoms with E-state index in [0.717, 1.165) is 25.2 Å². The van der Waals surface area contributed by atoms with Gasteiger partial charge < -0.3 is 5.73 Å². The zero-order valence-corrected chi connectivity index (χ0v) is 13.1. The monoisotopic (exact) mass is 292 g/mol. The smallest absolute Gasteiger partial charge is 0.184 e. The summed E-state index contributed by atoms with van der Waals surface area (Å²) < 4.78 is 0. The maximum absolute atomic E-state index is 5.32. The summed E-state index contributed by atoms with van der Waals surface area (Å²) in [6, 6.07) is 8.34. The van der Waals surface area contributed by atoms with E-state index < -0.39 is 0 Å². The number of hydrogen-bond acceptors (Lipinski definition) is 3. The van der Waals surface area contributed by atoms with E-state index in [0.29, 0.717) is 0 Å². The molecule has 110 valence electrons. The lowest BCUT2D eigenvalue weighted by molar-refractivity contribution is 0.275. The molecule has 4 nitrogen and oxygen atoms in total. The van der Waals surface area contributed by atoms with E-state index in [2.05, 4.69) is 41.4 Å². The molecular formula is C15H24N4S. The zero-order valence-electron chi connectivity index (χ0n) is 12.3. The molecule has 1 rings (SSSR count). The summed E-state index contributed by atoms with van der Waals surface area (Å²) in [4.78, 5) is 2.45. The first-order chi connectivity index (χ1) is 9.65. The van der Waals surface area contributed by atoms with Crippen molar-refractivity contribution < 1.29 is 0 Å². The second kappa shape index (κ2) is 9.44. The second-order valence-corrected chi connectivity index (χ2v) is 5.14. The minimum absolute atomic E-state index is 0.175. The van der Waals surface area contributed by atoms with Gasteiger partial charge in [-0.2, -0.15) is 5.10 Å². The highest BCUT2D eigenvalue weighted by Gasteiger charge is 2.03. The van der Waals surface area contributed by atoms with Crippen LogP contribution >= 0.6 is 12.2 Å². The van der Waals surface area contributed by atoms with Crippen molar-refractivity contribution >= 4 is 23.5 Å². The molecule has 0 spiro atoms. The van der Waals surface area contributed by atoms with E-state index in [-0.39, 0.29) is 5.11 Å². The molecule has 1 aromatic carbocycles. The molecule has 0 saturated carbocycles. The molecular weight excluding hydrogens is 268 g/mol. The third kappa shape index (κ3) is 6.63. The summed E-state index contributed by atoms with van der Waals surface area (Å²) in [7, 11) is 0. The number of thiocarbonyl (C=S) groups is 1. The highest BCUT2D eigenvalue weighted by molar-refractivity contribution is 7.80. The Morgan fingerprint density at radius 1 is 1.45 bits per heavy atom. The van der Waals surface area contributed by atoms with Crippen molar-refractivity contribution in [3.8, 4) is 0 Å². The summed E-state index contributed by atoms with van der Waals surface area (Å²) in [6.45, 7) is 7.61. The largest absolute Gasteiger partial charge is 0.375 e. The minimum atomic E-state index is 0.175. The van der Waals surface area contributed by atoms with Crippen molar-refractivity contribution in [3.05, 3.63) is 35.4 Å². The van der Waals surface area contributed by atoms with Gasteiger partial charge in [-0.15, -0.1) is 0 Å². The number of hydrogen-bond donors (Lipinski definition) is 2. The SMILES string of the molecule is CCCCN(CC)Cc1cccc(C=NNC(N)=S)c1. The number of nitrogens with zero attached hydrogens (tertiary/aromatic N) is 2. The Labute approximate surface area is 127 Å². The molecule has 0 radical (unpaired) electrons. The van der Waals surface area contributed by atoms with Gasteiger partial charge in [-0.3, -0.25) is 10.3 Å². The predicted molar refractivity (Wildman–Crippen MR) is 89.8 cm³/mol. The molecule has 0 aliphatic carbocycles. The fraction of sp³-hybridized carbons (Fsp3) is 0.467. The summed E-state index contributed by atoms with van der Waals surface area (Å²) in [5.74, 6) is 0. The molecule has 1 aromatic rings. The highest BCUT2D eigenvalue weighted by atomic mass is 32.1. The lowest BCUT2D eigenvalue weighted by atomic mass is 10.1. The van der Waals surface area contributed by atoms with Crippen molar-refractivity contribution in [2.75, 3.05) is 13.1 Å². The molecule has 0 bridgehead atoms. The van der Waals surface area contributed by atoms with Gasteiger partial charge in [-0.1, -0.05) is 38.5 Å². The van der Waals surface area contributed by atoms with Crippen molar-refractivity contribution in [1.29, 1.82) is 0 Å². The first-order valence-electron chi connectivity index (χ1n) is 7.05.